The zero-order chi connectivity index (χ0) is 19.4. The Morgan fingerprint density at radius 2 is 2.00 bits per heavy atom. The minimum absolute atomic E-state index is 0.0118. The molecule has 0 radical (unpaired) electrons. The summed E-state index contributed by atoms with van der Waals surface area (Å²) in [6.07, 6.45) is 5.02. The molecule has 0 unspecified atom stereocenters. The van der Waals surface area contributed by atoms with Gasteiger partial charge in [-0.15, -0.1) is 0 Å². The van der Waals surface area contributed by atoms with E-state index < -0.39 is 12.0 Å². The first-order chi connectivity index (χ1) is 13.0. The zero-order valence-electron chi connectivity index (χ0n) is 15.9. The van der Waals surface area contributed by atoms with E-state index in [0.717, 1.165) is 37.8 Å². The van der Waals surface area contributed by atoms with E-state index >= 15 is 0 Å². The Hall–Kier alpha value is -2.15. The monoisotopic (exact) mass is 389 g/mol. The van der Waals surface area contributed by atoms with Crippen molar-refractivity contribution in [3.05, 3.63) is 29.8 Å². The molecule has 0 spiro atoms. The molecule has 1 saturated heterocycles. The SMILES string of the molecule is CCc1ccc(NC(=S)N2[C@@H]3CCCC[C@@H]3NC(=O)[C@@H]2CC(=O)OC)cc1. The molecule has 2 N–H and O–H groups in total. The Balaban J connectivity index is 1.83. The number of hydrogen-bond donors (Lipinski definition) is 2. The summed E-state index contributed by atoms with van der Waals surface area (Å²) in [7, 11) is 1.34. The van der Waals surface area contributed by atoms with Crippen LogP contribution in [0.2, 0.25) is 0 Å². The first-order valence-corrected chi connectivity index (χ1v) is 9.99. The molecule has 3 atom stereocenters. The van der Waals surface area contributed by atoms with Crippen LogP contribution in [0.1, 0.15) is 44.6 Å². The number of rotatable bonds is 4. The Morgan fingerprint density at radius 1 is 1.30 bits per heavy atom. The van der Waals surface area contributed by atoms with Crippen molar-refractivity contribution in [3.8, 4) is 0 Å². The molecule has 1 saturated carbocycles. The Labute approximate surface area is 165 Å². The number of ether oxygens (including phenoxy) is 1. The highest BCUT2D eigenvalue weighted by Crippen LogP contribution is 2.30. The summed E-state index contributed by atoms with van der Waals surface area (Å²) >= 11 is 5.69. The van der Waals surface area contributed by atoms with Crippen LogP contribution in [0.15, 0.2) is 24.3 Å². The topological polar surface area (TPSA) is 70.7 Å². The number of anilines is 1. The Morgan fingerprint density at radius 3 is 2.67 bits per heavy atom. The molecule has 1 aromatic rings. The van der Waals surface area contributed by atoms with E-state index in [1.54, 1.807) is 0 Å². The van der Waals surface area contributed by atoms with Crippen LogP contribution in [0.3, 0.4) is 0 Å². The van der Waals surface area contributed by atoms with Crippen LogP contribution in [0.25, 0.3) is 0 Å². The highest BCUT2D eigenvalue weighted by molar-refractivity contribution is 7.80. The van der Waals surface area contributed by atoms with Crippen molar-refractivity contribution in [2.45, 2.75) is 63.6 Å². The molecule has 2 fully saturated rings. The number of hydrogen-bond acceptors (Lipinski definition) is 4. The van der Waals surface area contributed by atoms with Gasteiger partial charge in [-0.2, -0.15) is 0 Å². The lowest BCUT2D eigenvalue weighted by molar-refractivity contribution is -0.146. The summed E-state index contributed by atoms with van der Waals surface area (Å²) in [4.78, 5) is 26.5. The zero-order valence-corrected chi connectivity index (χ0v) is 16.7. The minimum Gasteiger partial charge on any atom is -0.469 e. The maximum atomic E-state index is 12.7. The average molecular weight is 390 g/mol. The second-order valence-electron chi connectivity index (χ2n) is 7.15. The van der Waals surface area contributed by atoms with Gasteiger partial charge in [0.15, 0.2) is 5.11 Å². The highest BCUT2D eigenvalue weighted by Gasteiger charge is 2.44. The smallest absolute Gasteiger partial charge is 0.308 e. The van der Waals surface area contributed by atoms with Crippen molar-refractivity contribution in [1.82, 2.24) is 10.2 Å². The normalized spacial score (nSPS) is 24.6. The first kappa shape index (κ1) is 19.6. The summed E-state index contributed by atoms with van der Waals surface area (Å²) in [5, 5.41) is 6.83. The molecule has 1 aromatic carbocycles. The summed E-state index contributed by atoms with van der Waals surface area (Å²) in [5.74, 6) is -0.571. The molecule has 1 aliphatic heterocycles. The second kappa shape index (κ2) is 8.69. The van der Waals surface area contributed by atoms with Crippen LogP contribution in [-0.4, -0.2) is 47.1 Å². The van der Waals surface area contributed by atoms with Gasteiger partial charge in [0, 0.05) is 11.7 Å². The standard InChI is InChI=1S/C20H27N3O3S/c1-3-13-8-10-14(11-9-13)21-20(27)23-16-7-5-4-6-15(16)22-19(25)17(23)12-18(24)26-2/h8-11,15-17H,3-7,12H2,1-2H3,(H,21,27)(H,22,25)/t15-,16+,17-/m0/s1. The molecule has 146 valence electrons. The van der Waals surface area contributed by atoms with Crippen LogP contribution < -0.4 is 10.6 Å². The van der Waals surface area contributed by atoms with Crippen molar-refractivity contribution in [2.24, 2.45) is 0 Å². The van der Waals surface area contributed by atoms with E-state index in [9.17, 15) is 9.59 Å². The summed E-state index contributed by atoms with van der Waals surface area (Å²) in [6, 6.07) is 7.62. The Bertz CT molecular complexity index is 707. The third-order valence-electron chi connectivity index (χ3n) is 5.49. The van der Waals surface area contributed by atoms with E-state index in [-0.39, 0.29) is 24.4 Å². The number of methoxy groups -OCH3 is 1. The van der Waals surface area contributed by atoms with Gasteiger partial charge in [-0.1, -0.05) is 31.9 Å². The lowest BCUT2D eigenvalue weighted by Crippen LogP contribution is -2.68. The highest BCUT2D eigenvalue weighted by atomic mass is 32.1. The van der Waals surface area contributed by atoms with Gasteiger partial charge in [0.1, 0.15) is 6.04 Å². The number of piperazine rings is 1. The number of nitrogens with one attached hydrogen (secondary N) is 2. The fourth-order valence-corrected chi connectivity index (χ4v) is 4.37. The van der Waals surface area contributed by atoms with Gasteiger partial charge in [-0.3, -0.25) is 9.59 Å². The van der Waals surface area contributed by atoms with Crippen LogP contribution in [-0.2, 0) is 20.7 Å². The molecule has 27 heavy (non-hydrogen) atoms. The van der Waals surface area contributed by atoms with Gasteiger partial charge >= 0.3 is 5.97 Å². The molecule has 0 aromatic heterocycles. The number of aryl methyl sites for hydroxylation is 1. The predicted octanol–water partition coefficient (Wildman–Crippen LogP) is 2.62. The van der Waals surface area contributed by atoms with Crippen LogP contribution in [0.5, 0.6) is 0 Å². The summed E-state index contributed by atoms with van der Waals surface area (Å²) < 4.78 is 4.80. The molecular formula is C20H27N3O3S. The number of carbonyl (C=O) groups is 2. The number of amides is 1. The van der Waals surface area contributed by atoms with Gasteiger partial charge < -0.3 is 20.3 Å². The van der Waals surface area contributed by atoms with Crippen molar-refractivity contribution in [2.75, 3.05) is 12.4 Å². The second-order valence-corrected chi connectivity index (χ2v) is 7.54. The largest absolute Gasteiger partial charge is 0.469 e. The molecule has 3 rings (SSSR count). The molecule has 0 bridgehead atoms. The van der Waals surface area contributed by atoms with Gasteiger partial charge in [-0.05, 0) is 49.2 Å². The van der Waals surface area contributed by atoms with Crippen LogP contribution in [0, 0.1) is 0 Å². The van der Waals surface area contributed by atoms with Crippen molar-refractivity contribution < 1.29 is 14.3 Å². The molecule has 1 amide bonds. The van der Waals surface area contributed by atoms with Crippen molar-refractivity contribution >= 4 is 34.9 Å². The van der Waals surface area contributed by atoms with Gasteiger partial charge in [0.2, 0.25) is 5.91 Å². The van der Waals surface area contributed by atoms with Crippen molar-refractivity contribution in [3.63, 3.8) is 0 Å². The number of esters is 1. The van der Waals surface area contributed by atoms with Crippen LogP contribution >= 0.6 is 12.2 Å². The van der Waals surface area contributed by atoms with Crippen molar-refractivity contribution in [1.29, 1.82) is 0 Å². The molecule has 1 aliphatic carbocycles. The first-order valence-electron chi connectivity index (χ1n) is 9.59. The maximum Gasteiger partial charge on any atom is 0.308 e. The molecule has 2 aliphatic rings. The quantitative estimate of drug-likeness (QED) is 0.609. The van der Waals surface area contributed by atoms with Gasteiger partial charge in [0.05, 0.1) is 19.6 Å². The Kier molecular flexibility index (Phi) is 6.31. The number of nitrogens with zero attached hydrogens (tertiary/aromatic N) is 1. The fraction of sp³-hybridized carbons (Fsp3) is 0.550. The number of benzene rings is 1. The van der Waals surface area contributed by atoms with Gasteiger partial charge in [0.25, 0.3) is 0 Å². The minimum atomic E-state index is -0.647. The summed E-state index contributed by atoms with van der Waals surface area (Å²) in [5.41, 5.74) is 2.13. The fourth-order valence-electron chi connectivity index (χ4n) is 3.99. The lowest BCUT2D eigenvalue weighted by atomic mass is 9.85. The molecule has 6 nitrogen and oxygen atoms in total. The van der Waals surface area contributed by atoms with E-state index in [2.05, 4.69) is 29.7 Å². The van der Waals surface area contributed by atoms with E-state index in [4.69, 9.17) is 17.0 Å². The third kappa shape index (κ3) is 4.40. The molecule has 1 heterocycles. The maximum absolute atomic E-state index is 12.7. The third-order valence-corrected chi connectivity index (χ3v) is 5.80. The average Bonchev–Trinajstić information content (AvgIpc) is 2.68. The van der Waals surface area contributed by atoms with Gasteiger partial charge in [-0.25, -0.2) is 0 Å². The number of fused-ring (bicyclic) bond motifs is 1. The molecular weight excluding hydrogens is 362 g/mol. The van der Waals surface area contributed by atoms with E-state index in [1.807, 2.05) is 17.0 Å². The summed E-state index contributed by atoms with van der Waals surface area (Å²) in [6.45, 7) is 2.11. The molecule has 7 heteroatoms. The number of thiocarbonyl (C=S) groups is 1. The lowest BCUT2D eigenvalue weighted by Gasteiger charge is -2.49. The number of carbonyl (C=O) groups excluding carboxylic acids is 2. The van der Waals surface area contributed by atoms with Crippen LogP contribution in [0.4, 0.5) is 5.69 Å². The van der Waals surface area contributed by atoms with E-state index in [1.165, 1.54) is 12.7 Å². The predicted molar refractivity (Wildman–Crippen MR) is 108 cm³/mol. The van der Waals surface area contributed by atoms with E-state index in [0.29, 0.717) is 5.11 Å².